The fourth-order valence-electron chi connectivity index (χ4n) is 1.97. The molecule has 2 rings (SSSR count). The number of hydrogen-bond donors (Lipinski definition) is 1. The molecule has 114 valence electrons. The summed E-state index contributed by atoms with van der Waals surface area (Å²) in [5.74, 6) is -0.407. The van der Waals surface area contributed by atoms with Gasteiger partial charge in [-0.25, -0.2) is 0 Å². The van der Waals surface area contributed by atoms with Crippen molar-refractivity contribution < 1.29 is 9.72 Å². The number of nitro groups is 1. The zero-order valence-corrected chi connectivity index (χ0v) is 14.5. The van der Waals surface area contributed by atoms with Gasteiger partial charge in [0.15, 0.2) is 0 Å². The Balaban J connectivity index is 2.30. The maximum absolute atomic E-state index is 12.3. The van der Waals surface area contributed by atoms with E-state index in [0.717, 1.165) is 15.6 Å². The fourth-order valence-corrected chi connectivity index (χ4v) is 2.71. The topological polar surface area (TPSA) is 72.2 Å². The van der Waals surface area contributed by atoms with Gasteiger partial charge in [0.2, 0.25) is 0 Å². The van der Waals surface area contributed by atoms with Gasteiger partial charge in [0.25, 0.3) is 11.6 Å². The third-order valence-electron chi connectivity index (χ3n) is 3.10. The predicted molar refractivity (Wildman–Crippen MR) is 94.6 cm³/mol. The van der Waals surface area contributed by atoms with Crippen LogP contribution in [-0.2, 0) is 6.42 Å². The second-order valence-corrected chi connectivity index (χ2v) is 6.19. The average Bonchev–Trinajstić information content (AvgIpc) is 2.49. The molecule has 0 aliphatic rings. The predicted octanol–water partition coefficient (Wildman–Crippen LogP) is 4.67. The summed E-state index contributed by atoms with van der Waals surface area (Å²) in [4.78, 5) is 22.5. The quantitative estimate of drug-likeness (QED) is 0.435. The Morgan fingerprint density at radius 2 is 2.05 bits per heavy atom. The van der Waals surface area contributed by atoms with E-state index in [2.05, 4.69) is 27.9 Å². The number of aryl methyl sites for hydroxylation is 1. The molecule has 0 saturated carbocycles. The van der Waals surface area contributed by atoms with Crippen LogP contribution < -0.4 is 5.32 Å². The van der Waals surface area contributed by atoms with Crippen molar-refractivity contribution in [2.75, 3.05) is 5.32 Å². The standard InChI is InChI=1S/C15H12ClIN2O3/c1-2-9-7-11(17)4-6-13(9)18-15(20)10-3-5-12(16)14(8-10)19(21)22/h3-8H,2H2,1H3,(H,18,20). The van der Waals surface area contributed by atoms with Crippen molar-refractivity contribution in [1.82, 2.24) is 0 Å². The molecule has 1 amide bonds. The zero-order valence-electron chi connectivity index (χ0n) is 11.6. The van der Waals surface area contributed by atoms with E-state index in [9.17, 15) is 14.9 Å². The zero-order chi connectivity index (χ0) is 16.3. The summed E-state index contributed by atoms with van der Waals surface area (Å²) in [5, 5.41) is 13.7. The van der Waals surface area contributed by atoms with Gasteiger partial charge in [-0.05, 0) is 64.9 Å². The first-order valence-corrected chi connectivity index (χ1v) is 7.91. The summed E-state index contributed by atoms with van der Waals surface area (Å²) in [6, 6.07) is 9.69. The van der Waals surface area contributed by atoms with Crippen LogP contribution in [0.5, 0.6) is 0 Å². The lowest BCUT2D eigenvalue weighted by Gasteiger charge is -2.10. The molecule has 0 radical (unpaired) electrons. The highest BCUT2D eigenvalue weighted by Crippen LogP contribution is 2.26. The highest BCUT2D eigenvalue weighted by atomic mass is 127. The van der Waals surface area contributed by atoms with Gasteiger partial charge >= 0.3 is 0 Å². The lowest BCUT2D eigenvalue weighted by Crippen LogP contribution is -2.13. The second kappa shape index (κ2) is 7.06. The van der Waals surface area contributed by atoms with Gasteiger partial charge < -0.3 is 5.32 Å². The van der Waals surface area contributed by atoms with Gasteiger partial charge in [0.05, 0.1) is 4.92 Å². The Hall–Kier alpha value is -1.67. The van der Waals surface area contributed by atoms with Crippen LogP contribution in [0, 0.1) is 13.7 Å². The molecule has 0 spiro atoms. The van der Waals surface area contributed by atoms with Crippen molar-refractivity contribution in [3.8, 4) is 0 Å². The number of nitrogens with zero attached hydrogens (tertiary/aromatic N) is 1. The molecule has 0 saturated heterocycles. The number of carbonyl (C=O) groups excluding carboxylic acids is 1. The molecule has 0 unspecified atom stereocenters. The minimum absolute atomic E-state index is 0.00469. The Kier molecular flexibility index (Phi) is 5.36. The minimum Gasteiger partial charge on any atom is -0.322 e. The van der Waals surface area contributed by atoms with Crippen molar-refractivity contribution in [1.29, 1.82) is 0 Å². The highest BCUT2D eigenvalue weighted by Gasteiger charge is 2.17. The molecule has 0 aliphatic carbocycles. The van der Waals surface area contributed by atoms with Crippen molar-refractivity contribution in [2.24, 2.45) is 0 Å². The minimum atomic E-state index is -0.610. The molecular formula is C15H12ClIN2O3. The van der Waals surface area contributed by atoms with Crippen LogP contribution in [0.1, 0.15) is 22.8 Å². The number of amides is 1. The van der Waals surface area contributed by atoms with Crippen LogP contribution in [0.4, 0.5) is 11.4 Å². The molecule has 22 heavy (non-hydrogen) atoms. The van der Waals surface area contributed by atoms with Crippen LogP contribution >= 0.6 is 34.2 Å². The monoisotopic (exact) mass is 430 g/mol. The Bertz CT molecular complexity index is 750. The normalized spacial score (nSPS) is 10.3. The summed E-state index contributed by atoms with van der Waals surface area (Å²) in [6.07, 6.45) is 0.771. The van der Waals surface area contributed by atoms with E-state index in [1.807, 2.05) is 25.1 Å². The van der Waals surface area contributed by atoms with Crippen LogP contribution in [0.15, 0.2) is 36.4 Å². The molecule has 0 bridgehead atoms. The van der Waals surface area contributed by atoms with E-state index in [0.29, 0.717) is 5.69 Å². The van der Waals surface area contributed by atoms with Crippen LogP contribution in [0.3, 0.4) is 0 Å². The molecule has 0 aliphatic heterocycles. The molecule has 0 atom stereocenters. The number of nitro benzene ring substituents is 1. The maximum atomic E-state index is 12.3. The Morgan fingerprint density at radius 1 is 1.32 bits per heavy atom. The van der Waals surface area contributed by atoms with Gasteiger partial charge in [0, 0.05) is 20.9 Å². The molecular weight excluding hydrogens is 419 g/mol. The van der Waals surface area contributed by atoms with E-state index < -0.39 is 10.8 Å². The molecule has 7 heteroatoms. The number of anilines is 1. The van der Waals surface area contributed by atoms with Gasteiger partial charge in [-0.1, -0.05) is 18.5 Å². The van der Waals surface area contributed by atoms with E-state index in [-0.39, 0.29) is 16.3 Å². The first-order valence-electron chi connectivity index (χ1n) is 6.46. The summed E-state index contributed by atoms with van der Waals surface area (Å²) >= 11 is 7.95. The van der Waals surface area contributed by atoms with Gasteiger partial charge in [0.1, 0.15) is 5.02 Å². The molecule has 2 aromatic carbocycles. The number of nitrogens with one attached hydrogen (secondary N) is 1. The van der Waals surface area contributed by atoms with E-state index in [1.165, 1.54) is 18.2 Å². The Labute approximate surface area is 146 Å². The average molecular weight is 431 g/mol. The second-order valence-electron chi connectivity index (χ2n) is 4.53. The maximum Gasteiger partial charge on any atom is 0.288 e. The van der Waals surface area contributed by atoms with Crippen molar-refractivity contribution in [3.05, 3.63) is 66.2 Å². The molecule has 2 aromatic rings. The lowest BCUT2D eigenvalue weighted by atomic mass is 10.1. The number of carbonyl (C=O) groups is 1. The lowest BCUT2D eigenvalue weighted by molar-refractivity contribution is -0.384. The SMILES string of the molecule is CCc1cc(I)ccc1NC(=O)c1ccc(Cl)c([N+](=O)[O-])c1. The molecule has 1 N–H and O–H groups in total. The Morgan fingerprint density at radius 3 is 2.68 bits per heavy atom. The van der Waals surface area contributed by atoms with E-state index in [1.54, 1.807) is 0 Å². The summed E-state index contributed by atoms with van der Waals surface area (Å²) in [7, 11) is 0. The fraction of sp³-hybridized carbons (Fsp3) is 0.133. The smallest absolute Gasteiger partial charge is 0.288 e. The van der Waals surface area contributed by atoms with E-state index in [4.69, 9.17) is 11.6 Å². The van der Waals surface area contributed by atoms with E-state index >= 15 is 0 Å². The van der Waals surface area contributed by atoms with Crippen LogP contribution in [0.25, 0.3) is 0 Å². The molecule has 0 fully saturated rings. The first-order chi connectivity index (χ1) is 10.4. The summed E-state index contributed by atoms with van der Waals surface area (Å²) in [6.45, 7) is 1.99. The first kappa shape index (κ1) is 16.7. The molecule has 0 heterocycles. The van der Waals surface area contributed by atoms with Crippen molar-refractivity contribution in [2.45, 2.75) is 13.3 Å². The van der Waals surface area contributed by atoms with Gasteiger partial charge in [-0.15, -0.1) is 0 Å². The molecule has 0 aromatic heterocycles. The highest BCUT2D eigenvalue weighted by molar-refractivity contribution is 14.1. The van der Waals surface area contributed by atoms with Crippen LogP contribution in [-0.4, -0.2) is 10.8 Å². The third-order valence-corrected chi connectivity index (χ3v) is 4.09. The van der Waals surface area contributed by atoms with Gasteiger partial charge in [-0.2, -0.15) is 0 Å². The van der Waals surface area contributed by atoms with Gasteiger partial charge in [-0.3, -0.25) is 14.9 Å². The number of hydrogen-bond acceptors (Lipinski definition) is 3. The summed E-state index contributed by atoms with van der Waals surface area (Å²) < 4.78 is 1.08. The van der Waals surface area contributed by atoms with Crippen molar-refractivity contribution in [3.63, 3.8) is 0 Å². The largest absolute Gasteiger partial charge is 0.322 e. The van der Waals surface area contributed by atoms with Crippen LogP contribution in [0.2, 0.25) is 5.02 Å². The number of halogens is 2. The number of benzene rings is 2. The summed E-state index contributed by atoms with van der Waals surface area (Å²) in [5.41, 5.74) is 1.61. The molecule has 5 nitrogen and oxygen atoms in total. The van der Waals surface area contributed by atoms with Crippen molar-refractivity contribution >= 4 is 51.5 Å². The number of rotatable bonds is 4. The third kappa shape index (κ3) is 3.75.